The number of fused-ring (bicyclic) bond motifs is 1. The maximum Gasteiger partial charge on any atom is 0.266 e. The highest BCUT2D eigenvalue weighted by Gasteiger charge is 2.44. The lowest BCUT2D eigenvalue weighted by atomic mass is 9.83. The average molecular weight is 627 g/mol. The summed E-state index contributed by atoms with van der Waals surface area (Å²) >= 11 is 0. The van der Waals surface area contributed by atoms with E-state index in [1.54, 1.807) is 6.33 Å². The first kappa shape index (κ1) is 32.0. The van der Waals surface area contributed by atoms with Crippen molar-refractivity contribution in [2.45, 2.75) is 95.0 Å². The molecule has 2 aromatic carbocycles. The van der Waals surface area contributed by atoms with Crippen molar-refractivity contribution in [3.05, 3.63) is 66.0 Å². The molecule has 5 unspecified atom stereocenters. The topological polar surface area (TPSA) is 108 Å². The van der Waals surface area contributed by atoms with E-state index >= 15 is 0 Å². The van der Waals surface area contributed by atoms with Gasteiger partial charge in [0.1, 0.15) is 31.6 Å². The Hall–Kier alpha value is -3.00. The number of ether oxygens (including phenoxy) is 1. The molecule has 12 heteroatoms. The van der Waals surface area contributed by atoms with Gasteiger partial charge in [-0.05, 0) is 60.8 Å². The zero-order valence-electron chi connectivity index (χ0n) is 25.9. The van der Waals surface area contributed by atoms with Crippen molar-refractivity contribution in [2.75, 3.05) is 25.3 Å². The monoisotopic (exact) mass is 626 g/mol. The maximum atomic E-state index is 12.7. The van der Waals surface area contributed by atoms with Gasteiger partial charge in [0.05, 0.1) is 18.8 Å². The van der Waals surface area contributed by atoms with Gasteiger partial charge < -0.3 is 19.8 Å². The van der Waals surface area contributed by atoms with E-state index in [2.05, 4.69) is 58.7 Å². The number of aliphatic hydroxyl groups excluding tert-OH is 2. The molecule has 0 bridgehead atoms. The van der Waals surface area contributed by atoms with E-state index in [1.807, 2.05) is 33.8 Å². The van der Waals surface area contributed by atoms with Crippen LogP contribution in [0.15, 0.2) is 54.9 Å². The molecule has 0 radical (unpaired) electrons. The van der Waals surface area contributed by atoms with Crippen LogP contribution in [-0.4, -0.2) is 81.3 Å². The lowest BCUT2D eigenvalue weighted by molar-refractivity contribution is -0.110. The smallest absolute Gasteiger partial charge is 0.266 e. The second-order valence-electron chi connectivity index (χ2n) is 12.4. The van der Waals surface area contributed by atoms with Gasteiger partial charge in [-0.15, -0.1) is 0 Å². The Labute approximate surface area is 262 Å². The zero-order valence-corrected chi connectivity index (χ0v) is 25.9. The molecule has 244 valence electrons. The molecule has 10 nitrogen and oxygen atoms in total. The zero-order chi connectivity index (χ0) is 31.5. The number of rotatable bonds is 11. The van der Waals surface area contributed by atoms with E-state index in [0.717, 1.165) is 35.1 Å². The van der Waals surface area contributed by atoms with Crippen LogP contribution >= 0.6 is 0 Å². The maximum absolute atomic E-state index is 12.7. The molecule has 5 atom stereocenters. The number of benzene rings is 2. The van der Waals surface area contributed by atoms with E-state index < -0.39 is 18.8 Å². The lowest BCUT2D eigenvalue weighted by Gasteiger charge is -2.48. The Kier molecular flexibility index (Phi) is 10.1. The molecule has 2 fully saturated rings. The predicted octanol–water partition coefficient (Wildman–Crippen LogP) is 4.66. The number of hydroxylamine groups is 2. The van der Waals surface area contributed by atoms with Gasteiger partial charge in [-0.1, -0.05) is 61.9 Å². The molecule has 1 aliphatic carbocycles. The Bertz CT molecular complexity index is 1390. The third-order valence-electron chi connectivity index (χ3n) is 9.58. The van der Waals surface area contributed by atoms with Crippen LogP contribution in [0.25, 0.3) is 11.1 Å². The van der Waals surface area contributed by atoms with E-state index in [4.69, 9.17) is 9.57 Å². The van der Waals surface area contributed by atoms with Crippen molar-refractivity contribution in [1.29, 1.82) is 0 Å². The highest BCUT2D eigenvalue weighted by atomic mass is 19.3. The van der Waals surface area contributed by atoms with Crippen molar-refractivity contribution in [3.8, 4) is 11.1 Å². The SMILES string of the molecule is CCCC1C(Cc2ccc(-c3ccccc3C3NCON3C)cc2)C(O)N(C2CCC(OCC(O)C(F)F)CC2)c2ncnn21. The molecule has 0 amide bonds. The molecule has 45 heavy (non-hydrogen) atoms. The number of nitrogens with zero attached hydrogens (tertiary/aromatic N) is 5. The van der Waals surface area contributed by atoms with E-state index in [0.29, 0.717) is 44.8 Å². The predicted molar refractivity (Wildman–Crippen MR) is 165 cm³/mol. The van der Waals surface area contributed by atoms with Gasteiger partial charge in [0.15, 0.2) is 0 Å². The minimum Gasteiger partial charge on any atom is -0.385 e. The Morgan fingerprint density at radius 2 is 1.84 bits per heavy atom. The van der Waals surface area contributed by atoms with E-state index in [1.165, 1.54) is 0 Å². The summed E-state index contributed by atoms with van der Waals surface area (Å²) in [5, 5.41) is 31.3. The highest BCUT2D eigenvalue weighted by molar-refractivity contribution is 5.68. The van der Waals surface area contributed by atoms with Gasteiger partial charge in [0, 0.05) is 19.0 Å². The summed E-state index contributed by atoms with van der Waals surface area (Å²) < 4.78 is 33.0. The fraction of sp³-hybridized carbons (Fsp3) is 0.576. The van der Waals surface area contributed by atoms with Crippen LogP contribution in [0.3, 0.4) is 0 Å². The fourth-order valence-electron chi connectivity index (χ4n) is 7.24. The molecular formula is C33H44F2N6O4. The normalized spacial score (nSPS) is 28.0. The summed E-state index contributed by atoms with van der Waals surface area (Å²) in [6.07, 6.45) is 1.23. The van der Waals surface area contributed by atoms with Gasteiger partial charge in [-0.2, -0.15) is 15.1 Å². The van der Waals surface area contributed by atoms with Crippen LogP contribution in [0.1, 0.15) is 68.8 Å². The molecular weight excluding hydrogens is 582 g/mol. The van der Waals surface area contributed by atoms with Crippen molar-refractivity contribution in [1.82, 2.24) is 25.1 Å². The van der Waals surface area contributed by atoms with Gasteiger partial charge in [0.25, 0.3) is 6.43 Å². The molecule has 1 aromatic heterocycles. The molecule has 3 heterocycles. The first-order valence-electron chi connectivity index (χ1n) is 16.1. The Morgan fingerprint density at radius 1 is 1.09 bits per heavy atom. The number of aromatic nitrogens is 3. The minimum atomic E-state index is -2.82. The number of hydrogen-bond donors (Lipinski definition) is 3. The quantitative estimate of drug-likeness (QED) is 0.280. The van der Waals surface area contributed by atoms with Crippen molar-refractivity contribution < 1.29 is 28.6 Å². The summed E-state index contributed by atoms with van der Waals surface area (Å²) in [4.78, 5) is 12.2. The molecule has 3 aromatic rings. The molecule has 3 aliphatic rings. The van der Waals surface area contributed by atoms with Crippen LogP contribution in [0.4, 0.5) is 14.7 Å². The standard InChI is InChI=1S/C33H44F2N6O4/c1-3-6-28-27(17-21-9-11-22(12-10-21)25-7-4-5-8-26(25)31-37-20-45-39(31)2)32(43)40(33-36-19-38-41(28)33)23-13-15-24(16-14-23)44-18-29(42)30(34)35/h4-5,7-12,19,23-24,27-32,37,42-43H,3,6,13-18,20H2,1-2H3. The first-order chi connectivity index (χ1) is 21.9. The summed E-state index contributed by atoms with van der Waals surface area (Å²) in [6.45, 7) is 2.25. The largest absolute Gasteiger partial charge is 0.385 e. The summed E-state index contributed by atoms with van der Waals surface area (Å²) in [6, 6.07) is 17.0. The number of halogens is 2. The van der Waals surface area contributed by atoms with Gasteiger partial charge in [-0.3, -0.25) is 10.2 Å². The second-order valence-corrected chi connectivity index (χ2v) is 12.4. The van der Waals surface area contributed by atoms with E-state index in [9.17, 15) is 19.0 Å². The van der Waals surface area contributed by atoms with E-state index in [-0.39, 0.29) is 36.9 Å². The Morgan fingerprint density at radius 3 is 2.53 bits per heavy atom. The van der Waals surface area contributed by atoms with Crippen LogP contribution in [0.5, 0.6) is 0 Å². The van der Waals surface area contributed by atoms with Crippen molar-refractivity contribution >= 4 is 5.95 Å². The van der Waals surface area contributed by atoms with Crippen LogP contribution in [0, 0.1) is 5.92 Å². The fourth-order valence-corrected chi connectivity index (χ4v) is 7.24. The number of aliphatic hydroxyl groups is 2. The molecule has 1 saturated heterocycles. The number of hydrogen-bond acceptors (Lipinski definition) is 9. The minimum absolute atomic E-state index is 0.00126. The lowest BCUT2D eigenvalue weighted by Crippen LogP contribution is -2.56. The van der Waals surface area contributed by atoms with Gasteiger partial charge in [-0.25, -0.2) is 13.5 Å². The highest BCUT2D eigenvalue weighted by Crippen LogP contribution is 2.42. The summed E-state index contributed by atoms with van der Waals surface area (Å²) in [5.41, 5.74) is 4.54. The Balaban J connectivity index is 1.19. The van der Waals surface area contributed by atoms with Crippen molar-refractivity contribution in [3.63, 3.8) is 0 Å². The molecule has 1 saturated carbocycles. The second kappa shape index (κ2) is 14.2. The number of alkyl halides is 2. The third-order valence-corrected chi connectivity index (χ3v) is 9.58. The van der Waals surface area contributed by atoms with Gasteiger partial charge in [0.2, 0.25) is 5.95 Å². The number of anilines is 1. The van der Waals surface area contributed by atoms with Crippen LogP contribution in [0.2, 0.25) is 0 Å². The molecule has 3 N–H and O–H groups in total. The molecule has 2 aliphatic heterocycles. The first-order valence-corrected chi connectivity index (χ1v) is 16.1. The van der Waals surface area contributed by atoms with Gasteiger partial charge >= 0.3 is 0 Å². The van der Waals surface area contributed by atoms with Crippen LogP contribution in [-0.2, 0) is 16.0 Å². The molecule has 0 spiro atoms. The summed E-state index contributed by atoms with van der Waals surface area (Å²) in [7, 11) is 1.93. The molecule has 6 rings (SSSR count). The average Bonchev–Trinajstić information content (AvgIpc) is 3.71. The third kappa shape index (κ3) is 6.77. The van der Waals surface area contributed by atoms with Crippen molar-refractivity contribution in [2.24, 2.45) is 5.92 Å². The summed E-state index contributed by atoms with van der Waals surface area (Å²) in [5.74, 6) is 0.567. The van der Waals surface area contributed by atoms with Crippen LogP contribution < -0.4 is 10.2 Å². The number of nitrogens with one attached hydrogen (secondary N) is 1.